The quantitative estimate of drug-likeness (QED) is 0.228. The Morgan fingerprint density at radius 1 is 1.20 bits per heavy atom. The molecule has 9 heteroatoms. The number of fused-ring (bicyclic) bond motifs is 3. The topological polar surface area (TPSA) is 76.5 Å². The summed E-state index contributed by atoms with van der Waals surface area (Å²) >= 11 is 0. The SMILES string of the molecule is C=C(F)CCC(=O)N(CC12CCC(c3nc(C4CC4)no3)=C(C1)C2)c1cccc(-c2cc(F)c3nccn3c2)c1. The van der Waals surface area contributed by atoms with Crippen LogP contribution in [0.4, 0.5) is 14.5 Å². The molecule has 40 heavy (non-hydrogen) atoms. The van der Waals surface area contributed by atoms with Gasteiger partial charge in [-0.05, 0) is 67.7 Å². The zero-order valence-electron chi connectivity index (χ0n) is 22.1. The van der Waals surface area contributed by atoms with Gasteiger partial charge >= 0.3 is 0 Å². The van der Waals surface area contributed by atoms with Crippen LogP contribution in [0, 0.1) is 11.2 Å². The molecule has 0 N–H and O–H groups in total. The first-order valence-electron chi connectivity index (χ1n) is 13.8. The number of allylic oxidation sites excluding steroid dienone is 3. The summed E-state index contributed by atoms with van der Waals surface area (Å²) in [6.07, 6.45) is 10.8. The molecule has 3 aromatic heterocycles. The lowest BCUT2D eigenvalue weighted by Crippen LogP contribution is -2.48. The number of imidazole rings is 1. The van der Waals surface area contributed by atoms with E-state index in [1.54, 1.807) is 21.7 Å². The number of rotatable bonds is 9. The average Bonchev–Trinajstić information content (AvgIpc) is 3.46. The van der Waals surface area contributed by atoms with Crippen molar-refractivity contribution < 1.29 is 18.1 Å². The maximum absolute atomic E-state index is 14.7. The zero-order chi connectivity index (χ0) is 27.4. The van der Waals surface area contributed by atoms with E-state index in [0.717, 1.165) is 55.5 Å². The van der Waals surface area contributed by atoms with Crippen LogP contribution in [0.3, 0.4) is 0 Å². The molecule has 0 atom stereocenters. The van der Waals surface area contributed by atoms with Crippen molar-refractivity contribution in [3.8, 4) is 11.1 Å². The van der Waals surface area contributed by atoms with Crippen LogP contribution in [-0.2, 0) is 4.79 Å². The van der Waals surface area contributed by atoms with Gasteiger partial charge < -0.3 is 13.8 Å². The van der Waals surface area contributed by atoms with E-state index in [2.05, 4.69) is 21.7 Å². The summed E-state index contributed by atoms with van der Waals surface area (Å²) in [5.74, 6) is 0.827. The van der Waals surface area contributed by atoms with Crippen LogP contribution in [0.15, 0.2) is 71.4 Å². The maximum atomic E-state index is 14.7. The lowest BCUT2D eigenvalue weighted by Gasteiger charge is -2.51. The van der Waals surface area contributed by atoms with Gasteiger partial charge in [0.2, 0.25) is 5.91 Å². The summed E-state index contributed by atoms with van der Waals surface area (Å²) in [5.41, 5.74) is 4.84. The van der Waals surface area contributed by atoms with Crippen LogP contribution in [0.5, 0.6) is 0 Å². The second-order valence-corrected chi connectivity index (χ2v) is 11.4. The molecular weight excluding hydrogens is 512 g/mol. The molecule has 4 aliphatic carbocycles. The maximum Gasteiger partial charge on any atom is 0.253 e. The Morgan fingerprint density at radius 3 is 2.80 bits per heavy atom. The van der Waals surface area contributed by atoms with Gasteiger partial charge in [-0.3, -0.25) is 4.79 Å². The van der Waals surface area contributed by atoms with Gasteiger partial charge in [-0.25, -0.2) is 13.8 Å². The third-order valence-corrected chi connectivity index (χ3v) is 8.49. The fourth-order valence-electron chi connectivity index (χ4n) is 6.16. The van der Waals surface area contributed by atoms with E-state index >= 15 is 0 Å². The van der Waals surface area contributed by atoms with Crippen LogP contribution in [-0.4, -0.2) is 32.0 Å². The van der Waals surface area contributed by atoms with Crippen molar-refractivity contribution in [3.05, 3.63) is 84.4 Å². The fraction of sp³-hybridized carbons (Fsp3) is 0.355. The van der Waals surface area contributed by atoms with E-state index < -0.39 is 11.6 Å². The molecule has 1 amide bonds. The third-order valence-electron chi connectivity index (χ3n) is 8.49. The molecule has 2 saturated carbocycles. The molecule has 2 bridgehead atoms. The molecule has 4 aliphatic rings. The van der Waals surface area contributed by atoms with Gasteiger partial charge in [0.15, 0.2) is 17.3 Å². The predicted octanol–water partition coefficient (Wildman–Crippen LogP) is 7.03. The highest BCUT2D eigenvalue weighted by molar-refractivity contribution is 5.94. The number of carbonyl (C=O) groups is 1. The van der Waals surface area contributed by atoms with E-state index in [0.29, 0.717) is 29.6 Å². The molecule has 0 radical (unpaired) electrons. The summed E-state index contributed by atoms with van der Waals surface area (Å²) < 4.78 is 35.4. The Morgan fingerprint density at radius 2 is 2.05 bits per heavy atom. The van der Waals surface area contributed by atoms with E-state index in [1.807, 2.05) is 30.5 Å². The van der Waals surface area contributed by atoms with Crippen LogP contribution in [0.25, 0.3) is 22.3 Å². The van der Waals surface area contributed by atoms with Crippen LogP contribution in [0.2, 0.25) is 0 Å². The van der Waals surface area contributed by atoms with E-state index in [-0.39, 0.29) is 29.8 Å². The number of amides is 1. The predicted molar refractivity (Wildman–Crippen MR) is 147 cm³/mol. The monoisotopic (exact) mass is 541 g/mol. The largest absolute Gasteiger partial charge is 0.334 e. The molecule has 204 valence electrons. The number of hydrogen-bond acceptors (Lipinski definition) is 5. The summed E-state index contributed by atoms with van der Waals surface area (Å²) in [7, 11) is 0. The van der Waals surface area contributed by atoms with Crippen molar-refractivity contribution >= 4 is 22.8 Å². The molecule has 2 fully saturated rings. The van der Waals surface area contributed by atoms with Crippen LogP contribution >= 0.6 is 0 Å². The highest BCUT2D eigenvalue weighted by Gasteiger charge is 2.48. The molecule has 8 rings (SSSR count). The number of hydrogen-bond donors (Lipinski definition) is 0. The molecule has 3 heterocycles. The molecule has 0 saturated heterocycles. The smallest absolute Gasteiger partial charge is 0.253 e. The summed E-state index contributed by atoms with van der Waals surface area (Å²) in [6.45, 7) is 3.85. The molecule has 0 unspecified atom stereocenters. The lowest BCUT2D eigenvalue weighted by molar-refractivity contribution is -0.119. The Bertz CT molecular complexity index is 1670. The van der Waals surface area contributed by atoms with Gasteiger partial charge in [0.05, 0.1) is 5.83 Å². The minimum absolute atomic E-state index is 0.0136. The van der Waals surface area contributed by atoms with Gasteiger partial charge in [-0.15, -0.1) is 0 Å². The zero-order valence-corrected chi connectivity index (χ0v) is 22.1. The molecule has 1 aromatic carbocycles. The van der Waals surface area contributed by atoms with Crippen molar-refractivity contribution in [2.45, 2.75) is 57.3 Å². The number of benzene rings is 1. The van der Waals surface area contributed by atoms with Crippen LogP contribution in [0.1, 0.15) is 69.0 Å². The Kier molecular flexibility index (Phi) is 5.91. The van der Waals surface area contributed by atoms with Gasteiger partial charge in [0, 0.05) is 60.7 Å². The lowest BCUT2D eigenvalue weighted by atomic mass is 9.57. The number of anilines is 1. The van der Waals surface area contributed by atoms with Crippen molar-refractivity contribution in [2.75, 3.05) is 11.4 Å². The first kappa shape index (κ1) is 24.9. The normalized spacial score (nSPS) is 17.6. The Labute approximate surface area is 230 Å². The molecule has 7 nitrogen and oxygen atoms in total. The second kappa shape index (κ2) is 9.50. The molecule has 4 aromatic rings. The van der Waals surface area contributed by atoms with Gasteiger partial charge in [0.25, 0.3) is 5.89 Å². The fourth-order valence-corrected chi connectivity index (χ4v) is 6.16. The molecule has 0 aliphatic heterocycles. The van der Waals surface area contributed by atoms with Crippen LogP contribution < -0.4 is 4.90 Å². The van der Waals surface area contributed by atoms with Crippen molar-refractivity contribution in [3.63, 3.8) is 0 Å². The van der Waals surface area contributed by atoms with E-state index in [4.69, 9.17) is 4.52 Å². The second-order valence-electron chi connectivity index (χ2n) is 11.4. The first-order valence-corrected chi connectivity index (χ1v) is 13.8. The highest BCUT2D eigenvalue weighted by atomic mass is 19.1. The Balaban J connectivity index is 1.16. The number of aromatic nitrogens is 4. The first-order chi connectivity index (χ1) is 19.4. The minimum atomic E-state index is -0.509. The van der Waals surface area contributed by atoms with Gasteiger partial charge in [-0.1, -0.05) is 29.4 Å². The minimum Gasteiger partial charge on any atom is -0.334 e. The van der Waals surface area contributed by atoms with Gasteiger partial charge in [0.1, 0.15) is 0 Å². The summed E-state index contributed by atoms with van der Waals surface area (Å²) in [6, 6.07) is 9.00. The summed E-state index contributed by atoms with van der Waals surface area (Å²) in [5, 5.41) is 4.18. The van der Waals surface area contributed by atoms with E-state index in [1.165, 1.54) is 11.6 Å². The van der Waals surface area contributed by atoms with E-state index in [9.17, 15) is 13.6 Å². The molecular formula is C31H29F2N5O2. The number of carbonyl (C=O) groups excluding carboxylic acids is 1. The average molecular weight is 542 g/mol. The number of halogens is 2. The number of pyridine rings is 1. The summed E-state index contributed by atoms with van der Waals surface area (Å²) in [4.78, 5) is 24.0. The standard InChI is InChI=1S/C31H29F2N5O2/c1-19(32)5-8-27(39)38(24-4-2-3-21(13-24)22-14-26(33)29-34-11-12-37(29)17-22)18-31-10-9-25(23(15-31)16-31)30-35-28(36-40-30)20-6-7-20/h2-4,11-14,17,20H,1,5-10,15-16,18H2. The number of nitrogens with zero attached hydrogens (tertiary/aromatic N) is 5. The van der Waals surface area contributed by atoms with Crippen molar-refractivity contribution in [1.82, 2.24) is 19.5 Å². The van der Waals surface area contributed by atoms with Crippen molar-refractivity contribution in [1.29, 1.82) is 0 Å². The molecule has 0 spiro atoms. The Hall–Kier alpha value is -4.14. The highest BCUT2D eigenvalue weighted by Crippen LogP contribution is 2.57. The third kappa shape index (κ3) is 4.53. The van der Waals surface area contributed by atoms with Crippen molar-refractivity contribution in [2.24, 2.45) is 5.41 Å². The van der Waals surface area contributed by atoms with Gasteiger partial charge in [-0.2, -0.15) is 4.98 Å².